The Kier molecular flexibility index (Phi) is 3.70. The Hall–Kier alpha value is -1.77. The van der Waals surface area contributed by atoms with E-state index in [1.807, 2.05) is 13.0 Å². The van der Waals surface area contributed by atoms with E-state index in [4.69, 9.17) is 4.42 Å². The van der Waals surface area contributed by atoms with Crippen LogP contribution in [0.25, 0.3) is 11.0 Å². The first-order valence-corrected chi connectivity index (χ1v) is 6.45. The third kappa shape index (κ3) is 2.26. The van der Waals surface area contributed by atoms with E-state index in [1.54, 1.807) is 12.1 Å². The molecule has 0 amide bonds. The SMILES string of the molecule is CCCc1cc(=O)oc2c(CCC)c(O)ccc12. The topological polar surface area (TPSA) is 50.4 Å². The van der Waals surface area contributed by atoms with Crippen molar-refractivity contribution in [1.82, 2.24) is 0 Å². The maximum atomic E-state index is 11.6. The van der Waals surface area contributed by atoms with Gasteiger partial charge in [0, 0.05) is 17.0 Å². The van der Waals surface area contributed by atoms with Crippen LogP contribution in [0.5, 0.6) is 5.75 Å². The number of rotatable bonds is 4. The van der Waals surface area contributed by atoms with Gasteiger partial charge in [0.25, 0.3) is 0 Å². The van der Waals surface area contributed by atoms with Gasteiger partial charge in [-0.1, -0.05) is 26.7 Å². The first kappa shape index (κ1) is 12.7. The summed E-state index contributed by atoms with van der Waals surface area (Å²) in [6.07, 6.45) is 3.43. The van der Waals surface area contributed by atoms with E-state index in [-0.39, 0.29) is 11.4 Å². The van der Waals surface area contributed by atoms with Crippen LogP contribution in [0.4, 0.5) is 0 Å². The quantitative estimate of drug-likeness (QED) is 0.841. The van der Waals surface area contributed by atoms with E-state index in [9.17, 15) is 9.90 Å². The third-order valence-electron chi connectivity index (χ3n) is 3.10. The molecular formula is C15H18O3. The molecule has 0 aliphatic carbocycles. The standard InChI is InChI=1S/C15H18O3/c1-3-5-10-9-14(17)18-15-11(10)7-8-13(16)12(15)6-4-2/h7-9,16H,3-6H2,1-2H3. The van der Waals surface area contributed by atoms with E-state index >= 15 is 0 Å². The van der Waals surface area contributed by atoms with Gasteiger partial charge >= 0.3 is 5.63 Å². The average molecular weight is 246 g/mol. The molecule has 0 aliphatic heterocycles. The van der Waals surface area contributed by atoms with Crippen molar-refractivity contribution in [3.05, 3.63) is 39.7 Å². The summed E-state index contributed by atoms with van der Waals surface area (Å²) >= 11 is 0. The molecule has 0 bridgehead atoms. The number of aromatic hydroxyl groups is 1. The average Bonchev–Trinajstić information content (AvgIpc) is 2.33. The summed E-state index contributed by atoms with van der Waals surface area (Å²) < 4.78 is 5.30. The molecule has 0 aliphatic rings. The van der Waals surface area contributed by atoms with Crippen molar-refractivity contribution in [2.45, 2.75) is 39.5 Å². The Balaban J connectivity index is 2.76. The van der Waals surface area contributed by atoms with Crippen molar-refractivity contribution >= 4 is 11.0 Å². The summed E-state index contributed by atoms with van der Waals surface area (Å²) in [5, 5.41) is 10.8. The van der Waals surface area contributed by atoms with Crippen LogP contribution < -0.4 is 5.63 Å². The molecule has 0 fully saturated rings. The third-order valence-corrected chi connectivity index (χ3v) is 3.10. The normalized spacial score (nSPS) is 11.0. The molecule has 0 unspecified atom stereocenters. The van der Waals surface area contributed by atoms with Crippen LogP contribution >= 0.6 is 0 Å². The number of hydrogen-bond acceptors (Lipinski definition) is 3. The molecular weight excluding hydrogens is 228 g/mol. The molecule has 1 aromatic carbocycles. The molecule has 96 valence electrons. The molecule has 0 radical (unpaired) electrons. The first-order valence-electron chi connectivity index (χ1n) is 6.45. The van der Waals surface area contributed by atoms with E-state index in [0.29, 0.717) is 12.0 Å². The number of fused-ring (bicyclic) bond motifs is 1. The maximum Gasteiger partial charge on any atom is 0.336 e. The molecule has 3 nitrogen and oxygen atoms in total. The zero-order chi connectivity index (χ0) is 13.1. The smallest absolute Gasteiger partial charge is 0.336 e. The van der Waals surface area contributed by atoms with Gasteiger partial charge in [0.15, 0.2) is 0 Å². The van der Waals surface area contributed by atoms with Gasteiger partial charge in [-0.05, 0) is 30.5 Å². The van der Waals surface area contributed by atoms with E-state index in [1.165, 1.54) is 0 Å². The second-order valence-electron chi connectivity index (χ2n) is 4.53. The lowest BCUT2D eigenvalue weighted by atomic mass is 10.0. The Labute approximate surface area is 106 Å². The van der Waals surface area contributed by atoms with Crippen LogP contribution in [-0.2, 0) is 12.8 Å². The highest BCUT2D eigenvalue weighted by Crippen LogP contribution is 2.29. The molecule has 0 saturated carbocycles. The number of phenols is 1. The van der Waals surface area contributed by atoms with Gasteiger partial charge in [-0.2, -0.15) is 0 Å². The van der Waals surface area contributed by atoms with Gasteiger partial charge < -0.3 is 9.52 Å². The Morgan fingerprint density at radius 1 is 1.17 bits per heavy atom. The fourth-order valence-electron chi connectivity index (χ4n) is 2.30. The largest absolute Gasteiger partial charge is 0.508 e. The lowest BCUT2D eigenvalue weighted by molar-refractivity contribution is 0.464. The summed E-state index contributed by atoms with van der Waals surface area (Å²) in [5.41, 5.74) is 1.95. The monoisotopic (exact) mass is 246 g/mol. The molecule has 1 aromatic heterocycles. The lowest BCUT2D eigenvalue weighted by Gasteiger charge is -2.09. The minimum Gasteiger partial charge on any atom is -0.508 e. The van der Waals surface area contributed by atoms with Crippen molar-refractivity contribution in [3.8, 4) is 5.75 Å². The van der Waals surface area contributed by atoms with Crippen molar-refractivity contribution in [2.24, 2.45) is 0 Å². The Bertz CT molecular complexity index is 611. The predicted octanol–water partition coefficient (Wildman–Crippen LogP) is 3.40. The molecule has 2 aromatic rings. The molecule has 2 rings (SSSR count). The van der Waals surface area contributed by atoms with Crippen LogP contribution in [0.3, 0.4) is 0 Å². The van der Waals surface area contributed by atoms with E-state index in [2.05, 4.69) is 6.92 Å². The van der Waals surface area contributed by atoms with Crippen LogP contribution in [-0.4, -0.2) is 5.11 Å². The van der Waals surface area contributed by atoms with Crippen LogP contribution in [0, 0.1) is 0 Å². The van der Waals surface area contributed by atoms with Crippen molar-refractivity contribution in [1.29, 1.82) is 0 Å². The second kappa shape index (κ2) is 5.25. The molecule has 0 saturated heterocycles. The van der Waals surface area contributed by atoms with Gasteiger partial charge in [0.1, 0.15) is 11.3 Å². The minimum absolute atomic E-state index is 0.209. The van der Waals surface area contributed by atoms with Crippen molar-refractivity contribution in [2.75, 3.05) is 0 Å². The molecule has 0 spiro atoms. The van der Waals surface area contributed by atoms with E-state index in [0.717, 1.165) is 35.8 Å². The molecule has 1 heterocycles. The van der Waals surface area contributed by atoms with Gasteiger partial charge in [-0.3, -0.25) is 0 Å². The first-order chi connectivity index (χ1) is 8.67. The van der Waals surface area contributed by atoms with Crippen molar-refractivity contribution in [3.63, 3.8) is 0 Å². The van der Waals surface area contributed by atoms with Crippen LogP contribution in [0.15, 0.2) is 27.4 Å². The number of phenolic OH excluding ortho intramolecular Hbond substituents is 1. The van der Waals surface area contributed by atoms with Crippen molar-refractivity contribution < 1.29 is 9.52 Å². The number of benzene rings is 1. The minimum atomic E-state index is -0.339. The highest BCUT2D eigenvalue weighted by Gasteiger charge is 2.12. The Morgan fingerprint density at radius 2 is 1.89 bits per heavy atom. The van der Waals surface area contributed by atoms with Gasteiger partial charge in [0.05, 0.1) is 0 Å². The molecule has 18 heavy (non-hydrogen) atoms. The molecule has 3 heteroatoms. The van der Waals surface area contributed by atoms with Gasteiger partial charge in [-0.15, -0.1) is 0 Å². The lowest BCUT2D eigenvalue weighted by Crippen LogP contribution is -2.02. The summed E-state index contributed by atoms with van der Waals surface area (Å²) in [6, 6.07) is 5.07. The second-order valence-corrected chi connectivity index (χ2v) is 4.53. The van der Waals surface area contributed by atoms with Gasteiger partial charge in [0.2, 0.25) is 0 Å². The number of hydrogen-bond donors (Lipinski definition) is 1. The van der Waals surface area contributed by atoms with Crippen LogP contribution in [0.1, 0.15) is 37.8 Å². The highest BCUT2D eigenvalue weighted by atomic mass is 16.4. The summed E-state index contributed by atoms with van der Waals surface area (Å²) in [5.74, 6) is 0.209. The maximum absolute atomic E-state index is 11.6. The fraction of sp³-hybridized carbons (Fsp3) is 0.400. The summed E-state index contributed by atoms with van der Waals surface area (Å²) in [4.78, 5) is 11.6. The zero-order valence-corrected chi connectivity index (χ0v) is 10.8. The number of aryl methyl sites for hydroxylation is 2. The zero-order valence-electron chi connectivity index (χ0n) is 10.8. The highest BCUT2D eigenvalue weighted by molar-refractivity contribution is 5.85. The Morgan fingerprint density at radius 3 is 2.56 bits per heavy atom. The van der Waals surface area contributed by atoms with E-state index < -0.39 is 0 Å². The molecule has 0 atom stereocenters. The fourth-order valence-corrected chi connectivity index (χ4v) is 2.30. The van der Waals surface area contributed by atoms with Gasteiger partial charge in [-0.25, -0.2) is 4.79 Å². The molecule has 1 N–H and O–H groups in total. The predicted molar refractivity (Wildman–Crippen MR) is 72.1 cm³/mol. The summed E-state index contributed by atoms with van der Waals surface area (Å²) in [7, 11) is 0. The summed E-state index contributed by atoms with van der Waals surface area (Å²) in [6.45, 7) is 4.11. The van der Waals surface area contributed by atoms with Crippen LogP contribution in [0.2, 0.25) is 0 Å².